The van der Waals surface area contributed by atoms with Gasteiger partial charge in [0, 0.05) is 64.5 Å². The summed E-state index contributed by atoms with van der Waals surface area (Å²) >= 11 is 0. The Morgan fingerprint density at radius 3 is 0.778 bits per heavy atom. The van der Waals surface area contributed by atoms with Crippen LogP contribution < -0.4 is 21.3 Å². The summed E-state index contributed by atoms with van der Waals surface area (Å²) in [7, 11) is 8.61. The highest BCUT2D eigenvalue weighted by molar-refractivity contribution is 5.77. The van der Waals surface area contributed by atoms with E-state index in [4.69, 9.17) is 18.9 Å². The molecule has 0 unspecified atom stereocenters. The molecule has 0 bridgehead atoms. The van der Waals surface area contributed by atoms with Crippen LogP contribution in [-0.2, 0) is 47.7 Å². The van der Waals surface area contributed by atoms with Crippen molar-refractivity contribution in [3.63, 3.8) is 0 Å². The van der Waals surface area contributed by atoms with Crippen molar-refractivity contribution in [3.05, 3.63) is 0 Å². The third-order valence-corrected chi connectivity index (χ3v) is 21.9. The van der Waals surface area contributed by atoms with Crippen LogP contribution in [0.15, 0.2) is 0 Å². The minimum atomic E-state index is -0.532. The number of carbonyl (C=O) groups excluding carboxylic acids is 7. The number of urea groups is 1. The van der Waals surface area contributed by atoms with Gasteiger partial charge in [-0.2, -0.15) is 0 Å². The maximum atomic E-state index is 13.6. The van der Waals surface area contributed by atoms with Gasteiger partial charge in [0.2, 0.25) is 11.8 Å². The highest BCUT2D eigenvalue weighted by Gasteiger charge is 2.27. The number of rotatable bonds is 82. The maximum absolute atomic E-state index is 13.6. The van der Waals surface area contributed by atoms with Crippen molar-refractivity contribution in [1.29, 1.82) is 0 Å². The normalized spacial score (nSPS) is 12.8. The van der Waals surface area contributed by atoms with E-state index in [1.165, 1.54) is 180 Å². The zero-order valence-electron chi connectivity index (χ0n) is 72.7. The molecule has 0 aliphatic rings. The van der Waals surface area contributed by atoms with Crippen LogP contribution in [0, 0.1) is 0 Å². The molecule has 636 valence electrons. The van der Waals surface area contributed by atoms with E-state index in [1.54, 1.807) is 0 Å². The minimum absolute atomic E-state index is 0.00288. The molecule has 0 saturated heterocycles. The molecule has 0 saturated carbocycles. The number of quaternary nitrogens is 2. The number of carbonyl (C=O) groups is 7. The average Bonchev–Trinajstić information content (AvgIpc) is 0.937. The van der Waals surface area contributed by atoms with Gasteiger partial charge in [0.25, 0.3) is 0 Å². The first-order valence-electron chi connectivity index (χ1n) is 46.3. The summed E-state index contributed by atoms with van der Waals surface area (Å²) in [5.74, 6) is -1.35. The topological polar surface area (TPSA) is 205 Å². The second kappa shape index (κ2) is 75.7. The molecule has 0 rings (SSSR count). The SMILES string of the molecule is CCCCCCCCCCCCCC(=O)N[C@@H](CC[N+](C)(C)CCCNC(=O)NCCC[N+](C)(C)CC[C@@H](COC(=O)C[C@@H](CCCCCCC)OC(=O)CCCCCCCCCCC)NC(=O)CCCCCCCCCCCCC)COC(=O)C[C@@H](CCCCCCC)OC(=O)CCCCCCCCCCC. The molecule has 0 radical (unpaired) electrons. The van der Waals surface area contributed by atoms with Crippen molar-refractivity contribution in [2.75, 3.05) is 80.7 Å². The Hall–Kier alpha value is -3.99. The molecule has 0 fully saturated rings. The number of esters is 4. The second-order valence-corrected chi connectivity index (χ2v) is 33.9. The first-order valence-corrected chi connectivity index (χ1v) is 46.3. The molecule has 108 heavy (non-hydrogen) atoms. The smallest absolute Gasteiger partial charge is 0.314 e. The third kappa shape index (κ3) is 72.3. The Kier molecular flexibility index (Phi) is 72.9. The fraction of sp³-hybridized carbons (Fsp3) is 0.923. The van der Waals surface area contributed by atoms with E-state index < -0.39 is 24.1 Å². The summed E-state index contributed by atoms with van der Waals surface area (Å²) in [4.78, 5) is 93.8. The van der Waals surface area contributed by atoms with E-state index in [1.807, 2.05) is 0 Å². The van der Waals surface area contributed by atoms with Gasteiger partial charge >= 0.3 is 29.9 Å². The average molecular weight is 1530 g/mol. The highest BCUT2D eigenvalue weighted by Crippen LogP contribution is 2.21. The Balaban J connectivity index is 5.69. The molecule has 0 heterocycles. The van der Waals surface area contributed by atoms with E-state index in [0.29, 0.717) is 86.5 Å². The van der Waals surface area contributed by atoms with Gasteiger partial charge in [0.15, 0.2) is 0 Å². The molecule has 0 spiro atoms. The Labute approximate surface area is 665 Å². The summed E-state index contributed by atoms with van der Waals surface area (Å²) < 4.78 is 25.2. The summed E-state index contributed by atoms with van der Waals surface area (Å²) in [6.07, 6.45) is 62.7. The Morgan fingerprint density at radius 2 is 0.509 bits per heavy atom. The number of hydrogen-bond donors (Lipinski definition) is 4. The fourth-order valence-corrected chi connectivity index (χ4v) is 14.5. The first kappa shape index (κ1) is 104. The van der Waals surface area contributed by atoms with Crippen LogP contribution in [0.25, 0.3) is 0 Å². The standard InChI is InChI=1S/C91H176N6O11/c1-11-17-23-29-33-37-39-43-45-51-57-65-85(98)94-81(79-105-89(102)77-83(63-55-49-27-21-15-5)107-87(100)67-59-53-47-41-35-31-25-19-13-3)69-75-96(7,8)73-61-71-92-91(104)93-72-62-74-97(9,10)76-70-82(95-86(99)66-58-52-46-44-40-38-34-30-24-18-12-2)80-106-90(103)78-84(64-56-50-28-22-16-6)108-88(101)68-60-54-48-42-36-32-26-20-14-4/h81-84H,11-80H2,1-10H3,(H2-2,92,93,94,95,98,99,104)/p+2/t81-,82-,83+,84+/m0/s1. The van der Waals surface area contributed by atoms with Crippen molar-refractivity contribution >= 4 is 41.7 Å². The lowest BCUT2D eigenvalue weighted by Gasteiger charge is -2.32. The summed E-state index contributed by atoms with van der Waals surface area (Å²) in [5.41, 5.74) is 0. The van der Waals surface area contributed by atoms with Gasteiger partial charge < -0.3 is 49.2 Å². The van der Waals surface area contributed by atoms with Crippen molar-refractivity contribution in [2.24, 2.45) is 0 Å². The second-order valence-electron chi connectivity index (χ2n) is 33.9. The molecule has 17 nitrogen and oxygen atoms in total. The molecule has 17 heteroatoms. The first-order chi connectivity index (χ1) is 52.3. The number of hydrogen-bond acceptors (Lipinski definition) is 11. The Morgan fingerprint density at radius 1 is 0.269 bits per heavy atom. The van der Waals surface area contributed by atoms with Gasteiger partial charge in [0.05, 0.1) is 79.3 Å². The lowest BCUT2D eigenvalue weighted by molar-refractivity contribution is -0.890. The van der Waals surface area contributed by atoms with Crippen LogP contribution in [0.3, 0.4) is 0 Å². The van der Waals surface area contributed by atoms with Gasteiger partial charge in [-0.15, -0.1) is 0 Å². The monoisotopic (exact) mass is 1530 g/mol. The van der Waals surface area contributed by atoms with E-state index in [-0.39, 0.29) is 67.9 Å². The van der Waals surface area contributed by atoms with Gasteiger partial charge in [-0.1, -0.05) is 324 Å². The zero-order valence-corrected chi connectivity index (χ0v) is 72.7. The number of ether oxygens (including phenoxy) is 4. The van der Waals surface area contributed by atoms with Crippen molar-refractivity contribution in [1.82, 2.24) is 21.3 Å². The van der Waals surface area contributed by atoms with E-state index >= 15 is 0 Å². The predicted octanol–water partition coefficient (Wildman–Crippen LogP) is 22.6. The molecule has 4 atom stereocenters. The molecule has 0 aromatic carbocycles. The number of unbranched alkanes of at least 4 members (excludes halogenated alkanes) is 44. The minimum Gasteiger partial charge on any atom is -0.463 e. The summed E-state index contributed by atoms with van der Waals surface area (Å²) in [6.45, 7) is 17.4. The molecule has 0 aromatic rings. The van der Waals surface area contributed by atoms with Gasteiger partial charge in [-0.25, -0.2) is 4.79 Å². The maximum Gasteiger partial charge on any atom is 0.314 e. The number of amides is 4. The van der Waals surface area contributed by atoms with Crippen LogP contribution in [0.2, 0.25) is 0 Å². The van der Waals surface area contributed by atoms with Gasteiger partial charge in [-0.3, -0.25) is 28.8 Å². The highest BCUT2D eigenvalue weighted by atomic mass is 16.6. The van der Waals surface area contributed by atoms with E-state index in [0.717, 1.165) is 167 Å². The Bertz CT molecular complexity index is 1970. The predicted molar refractivity (Wildman–Crippen MR) is 451 cm³/mol. The van der Waals surface area contributed by atoms with Crippen LogP contribution in [0.1, 0.15) is 440 Å². The van der Waals surface area contributed by atoms with Crippen LogP contribution in [-0.4, -0.2) is 156 Å². The third-order valence-electron chi connectivity index (χ3n) is 21.9. The summed E-state index contributed by atoms with van der Waals surface area (Å²) in [6, 6.07) is -0.965. The van der Waals surface area contributed by atoms with Gasteiger partial charge in [-0.05, 0) is 51.4 Å². The molecule has 0 aliphatic heterocycles. The molecule has 0 aliphatic carbocycles. The largest absolute Gasteiger partial charge is 0.463 e. The van der Waals surface area contributed by atoms with Crippen molar-refractivity contribution in [3.8, 4) is 0 Å². The quantitative estimate of drug-likeness (QED) is 0.0195. The number of nitrogens with zero attached hydrogens (tertiary/aromatic N) is 2. The van der Waals surface area contributed by atoms with E-state index in [9.17, 15) is 33.6 Å². The lowest BCUT2D eigenvalue weighted by atomic mass is 10.0. The number of nitrogens with one attached hydrogen (secondary N) is 4. The van der Waals surface area contributed by atoms with Crippen LogP contribution >= 0.6 is 0 Å². The van der Waals surface area contributed by atoms with Crippen LogP contribution in [0.4, 0.5) is 4.79 Å². The van der Waals surface area contributed by atoms with Crippen molar-refractivity contribution in [2.45, 2.75) is 464 Å². The van der Waals surface area contributed by atoms with E-state index in [2.05, 4.69) is 91.0 Å². The van der Waals surface area contributed by atoms with Gasteiger partial charge in [0.1, 0.15) is 25.4 Å². The molecular formula is C91H178N6O11+2. The lowest BCUT2D eigenvalue weighted by Crippen LogP contribution is -2.48. The molecule has 0 aromatic heterocycles. The molecule has 4 N–H and O–H groups in total. The van der Waals surface area contributed by atoms with Crippen LogP contribution in [0.5, 0.6) is 0 Å². The molecular weight excluding hydrogens is 1350 g/mol. The fourth-order valence-electron chi connectivity index (χ4n) is 14.5. The zero-order chi connectivity index (χ0) is 79.5. The summed E-state index contributed by atoms with van der Waals surface area (Å²) in [5, 5.41) is 12.6. The molecule has 4 amide bonds. The van der Waals surface area contributed by atoms with Crippen molar-refractivity contribution < 1.29 is 61.5 Å².